The van der Waals surface area contributed by atoms with E-state index >= 15 is 0 Å². The maximum Gasteiger partial charge on any atom is 0.468 e. The van der Waals surface area contributed by atoms with Crippen LogP contribution in [0.5, 0.6) is 0 Å². The first-order valence-electron chi connectivity index (χ1n) is 6.60. The molecule has 0 aromatic carbocycles. The Bertz CT molecular complexity index is 543. The van der Waals surface area contributed by atoms with Crippen molar-refractivity contribution in [3.63, 3.8) is 0 Å². The van der Waals surface area contributed by atoms with E-state index in [0.717, 1.165) is 19.3 Å². The molecule has 1 aromatic heterocycles. The van der Waals surface area contributed by atoms with Crippen molar-refractivity contribution in [2.45, 2.75) is 50.7 Å². The van der Waals surface area contributed by atoms with Crippen LogP contribution in [0.2, 0.25) is 5.02 Å². The Balaban J connectivity index is 2.78. The van der Waals surface area contributed by atoms with Crippen molar-refractivity contribution in [1.29, 1.82) is 10.5 Å². The molecule has 0 saturated heterocycles. The van der Waals surface area contributed by atoms with E-state index in [1.165, 1.54) is 30.6 Å². The zero-order valence-corrected chi connectivity index (χ0v) is 13.7. The third kappa shape index (κ3) is 4.24. The van der Waals surface area contributed by atoms with Gasteiger partial charge in [-0.1, -0.05) is 44.2 Å². The van der Waals surface area contributed by atoms with Crippen molar-refractivity contribution < 1.29 is 4.21 Å². The van der Waals surface area contributed by atoms with Crippen LogP contribution in [0.25, 0.3) is 0 Å². The van der Waals surface area contributed by atoms with Crippen LogP contribution in [-0.2, 0) is 15.9 Å². The molecule has 1 rings (SSSR count). The summed E-state index contributed by atoms with van der Waals surface area (Å²) in [5, 5.41) is 18.0. The van der Waals surface area contributed by atoms with E-state index in [2.05, 4.69) is 6.92 Å². The van der Waals surface area contributed by atoms with Crippen molar-refractivity contribution in [2.24, 2.45) is 0 Å². The van der Waals surface area contributed by atoms with E-state index in [9.17, 15) is 4.21 Å². The first kappa shape index (κ1) is 17.0. The second-order valence-corrected chi connectivity index (χ2v) is 6.69. The molecule has 0 bridgehead atoms. The molecule has 0 fully saturated rings. The Labute approximate surface area is 132 Å². The van der Waals surface area contributed by atoms with Gasteiger partial charge in [-0.05, 0) is 6.42 Å². The highest BCUT2D eigenvalue weighted by Crippen LogP contribution is 2.38. The topological polar surface area (TPSA) is 64.7 Å². The Kier molecular flexibility index (Phi) is 7.69. The molecule has 0 spiro atoms. The van der Waals surface area contributed by atoms with Gasteiger partial charge in [0.25, 0.3) is 5.25 Å². The van der Waals surface area contributed by atoms with Crippen LogP contribution in [0.1, 0.15) is 66.0 Å². The van der Waals surface area contributed by atoms with E-state index in [-0.39, 0.29) is 10.3 Å². The third-order valence-corrected chi connectivity index (χ3v) is 5.62. The summed E-state index contributed by atoms with van der Waals surface area (Å²) in [4.78, 5) is 0.979. The third-order valence-electron chi connectivity index (χ3n) is 3.07. The van der Waals surface area contributed by atoms with Crippen LogP contribution in [0.3, 0.4) is 0 Å². The molecule has 0 radical (unpaired) electrons. The molecule has 0 aliphatic rings. The standard InChI is InChI=1S/C14H16ClN2OS2/c1-2-3-4-5-6-7-11(20-18)14-10(8-16)13(15)12(9-17)19-14/h11H,2-7H2,1H3/q+1. The van der Waals surface area contributed by atoms with Crippen molar-refractivity contribution >= 4 is 34.6 Å². The summed E-state index contributed by atoms with van der Waals surface area (Å²) in [7, 11) is 0. The molecule has 20 heavy (non-hydrogen) atoms. The summed E-state index contributed by atoms with van der Waals surface area (Å²) in [5.41, 5.74) is 0.301. The van der Waals surface area contributed by atoms with Crippen LogP contribution < -0.4 is 0 Å². The SMILES string of the molecule is CCCCCCCC([S+]=O)c1sc(C#N)c(Cl)c1C#N. The second-order valence-electron chi connectivity index (χ2n) is 4.50. The lowest BCUT2D eigenvalue weighted by Gasteiger charge is -2.00. The van der Waals surface area contributed by atoms with Crippen molar-refractivity contribution in [1.82, 2.24) is 0 Å². The van der Waals surface area contributed by atoms with E-state index in [1.54, 1.807) is 0 Å². The van der Waals surface area contributed by atoms with Gasteiger partial charge in [0.15, 0.2) is 0 Å². The lowest BCUT2D eigenvalue weighted by molar-refractivity contribution is 0.578. The monoisotopic (exact) mass is 327 g/mol. The number of thiophene rings is 1. The Morgan fingerprint density at radius 2 is 1.95 bits per heavy atom. The van der Waals surface area contributed by atoms with Gasteiger partial charge >= 0.3 is 11.7 Å². The van der Waals surface area contributed by atoms with Crippen LogP contribution >= 0.6 is 22.9 Å². The molecule has 0 saturated carbocycles. The molecule has 106 valence electrons. The van der Waals surface area contributed by atoms with Crippen LogP contribution in [-0.4, -0.2) is 0 Å². The average Bonchev–Trinajstić information content (AvgIpc) is 2.79. The first-order chi connectivity index (χ1) is 9.69. The number of nitrogens with zero attached hydrogens (tertiary/aromatic N) is 2. The summed E-state index contributed by atoms with van der Waals surface area (Å²) in [6.07, 6.45) is 6.35. The number of unbranched alkanes of at least 4 members (excludes halogenated alkanes) is 4. The van der Waals surface area contributed by atoms with E-state index in [1.807, 2.05) is 12.1 Å². The van der Waals surface area contributed by atoms with Crippen molar-refractivity contribution in [2.75, 3.05) is 0 Å². The van der Waals surface area contributed by atoms with Gasteiger partial charge in [-0.15, -0.1) is 11.3 Å². The highest BCUT2D eigenvalue weighted by Gasteiger charge is 2.31. The van der Waals surface area contributed by atoms with Gasteiger partial charge < -0.3 is 0 Å². The van der Waals surface area contributed by atoms with Crippen molar-refractivity contribution in [3.05, 3.63) is 20.3 Å². The maximum absolute atomic E-state index is 11.3. The molecule has 1 unspecified atom stereocenters. The number of halogens is 1. The minimum atomic E-state index is -0.282. The van der Waals surface area contributed by atoms with Gasteiger partial charge in [0.2, 0.25) is 0 Å². The largest absolute Gasteiger partial charge is 0.468 e. The minimum Gasteiger partial charge on any atom is -0.192 e. The van der Waals surface area contributed by atoms with Crippen LogP contribution in [0.4, 0.5) is 0 Å². The molecule has 1 atom stereocenters. The molecular formula is C14H16ClN2OS2+. The average molecular weight is 328 g/mol. The molecule has 0 aliphatic carbocycles. The predicted octanol–water partition coefficient (Wildman–Crippen LogP) is 4.97. The zero-order valence-electron chi connectivity index (χ0n) is 11.3. The number of hydrogen-bond donors (Lipinski definition) is 0. The predicted molar refractivity (Wildman–Crippen MR) is 82.9 cm³/mol. The molecule has 0 N–H and O–H groups in total. The van der Waals surface area contributed by atoms with Gasteiger partial charge in [-0.3, -0.25) is 0 Å². The van der Waals surface area contributed by atoms with E-state index in [0.29, 0.717) is 27.0 Å². The molecule has 1 aromatic rings. The molecule has 3 nitrogen and oxygen atoms in total. The quantitative estimate of drug-likeness (QED) is 0.500. The van der Waals surface area contributed by atoms with Gasteiger partial charge in [0.05, 0.1) is 15.5 Å². The van der Waals surface area contributed by atoms with Gasteiger partial charge in [0.1, 0.15) is 17.0 Å². The van der Waals surface area contributed by atoms with Gasteiger partial charge in [0, 0.05) is 10.6 Å². The smallest absolute Gasteiger partial charge is 0.192 e. The minimum absolute atomic E-state index is 0.194. The summed E-state index contributed by atoms with van der Waals surface area (Å²) < 4.78 is 11.3. The number of nitriles is 2. The summed E-state index contributed by atoms with van der Waals surface area (Å²) >= 11 is 7.65. The summed E-state index contributed by atoms with van der Waals surface area (Å²) in [6.45, 7) is 2.16. The fourth-order valence-electron chi connectivity index (χ4n) is 1.99. The Hall–Kier alpha value is -1.01. The second kappa shape index (κ2) is 9.02. The first-order valence-corrected chi connectivity index (χ1v) is 8.60. The fraction of sp³-hybridized carbons (Fsp3) is 0.571. The fourth-order valence-corrected chi connectivity index (χ4v) is 4.03. The molecule has 0 aliphatic heterocycles. The van der Waals surface area contributed by atoms with E-state index < -0.39 is 0 Å². The molecule has 1 heterocycles. The Morgan fingerprint density at radius 1 is 1.25 bits per heavy atom. The highest BCUT2D eigenvalue weighted by molar-refractivity contribution is 7.66. The highest BCUT2D eigenvalue weighted by atomic mass is 35.5. The van der Waals surface area contributed by atoms with Crippen LogP contribution in [0.15, 0.2) is 0 Å². The lowest BCUT2D eigenvalue weighted by atomic mass is 10.1. The van der Waals surface area contributed by atoms with Gasteiger partial charge in [-0.2, -0.15) is 10.5 Å². The number of rotatable bonds is 8. The zero-order chi connectivity index (χ0) is 15.0. The summed E-state index contributed by atoms with van der Waals surface area (Å²) in [5.74, 6) is 0. The van der Waals surface area contributed by atoms with E-state index in [4.69, 9.17) is 22.1 Å². The Morgan fingerprint density at radius 3 is 2.50 bits per heavy atom. The maximum atomic E-state index is 11.3. The number of hydrogen-bond acceptors (Lipinski definition) is 4. The summed E-state index contributed by atoms with van der Waals surface area (Å²) in [6, 6.07) is 4.00. The normalized spacial score (nSPS) is 11.6. The molecule has 0 amide bonds. The van der Waals surface area contributed by atoms with Crippen molar-refractivity contribution in [3.8, 4) is 12.1 Å². The lowest BCUT2D eigenvalue weighted by Crippen LogP contribution is -1.97. The molecule has 6 heteroatoms. The van der Waals surface area contributed by atoms with Gasteiger partial charge in [-0.25, -0.2) is 0 Å². The molecular weight excluding hydrogens is 312 g/mol. The van der Waals surface area contributed by atoms with Crippen LogP contribution in [0, 0.1) is 22.7 Å².